The first-order chi connectivity index (χ1) is 3.71. The van der Waals surface area contributed by atoms with E-state index >= 15 is 0 Å². The van der Waals surface area contributed by atoms with E-state index < -0.39 is 5.92 Å². The van der Waals surface area contributed by atoms with Gasteiger partial charge in [-0.05, 0) is 18.9 Å². The minimum Gasteiger partial charge on any atom is -0.202 e. The van der Waals surface area contributed by atoms with E-state index in [1.807, 2.05) is 0 Å². The van der Waals surface area contributed by atoms with Crippen LogP contribution in [0.5, 0.6) is 0 Å². The van der Waals surface area contributed by atoms with Crippen LogP contribution in [0.1, 0.15) is 19.3 Å². The number of halogens is 2. The lowest BCUT2D eigenvalue weighted by atomic mass is 10.1. The molecule has 0 heterocycles. The van der Waals surface area contributed by atoms with E-state index in [4.69, 9.17) is 0 Å². The first kappa shape index (κ1) is 5.73. The number of rotatable bonds is 0. The summed E-state index contributed by atoms with van der Waals surface area (Å²) in [5.74, 6) is -2.50. The van der Waals surface area contributed by atoms with Gasteiger partial charge in [-0.2, -0.15) is 0 Å². The molecule has 46 valence electrons. The van der Waals surface area contributed by atoms with Crippen molar-refractivity contribution in [3.8, 4) is 0 Å². The van der Waals surface area contributed by atoms with Gasteiger partial charge in [0.05, 0.1) is 0 Å². The Morgan fingerprint density at radius 1 is 1.38 bits per heavy atom. The zero-order valence-electron chi connectivity index (χ0n) is 4.53. The molecule has 0 unspecified atom stereocenters. The summed E-state index contributed by atoms with van der Waals surface area (Å²) < 4.78 is 24.2. The monoisotopic (exact) mass is 118 g/mol. The molecule has 0 spiro atoms. The van der Waals surface area contributed by atoms with Crippen LogP contribution in [-0.2, 0) is 0 Å². The molecule has 8 heavy (non-hydrogen) atoms. The van der Waals surface area contributed by atoms with E-state index in [-0.39, 0.29) is 6.42 Å². The fourth-order valence-electron chi connectivity index (χ4n) is 0.795. The molecule has 0 saturated carbocycles. The fourth-order valence-corrected chi connectivity index (χ4v) is 0.795. The molecule has 0 nitrogen and oxygen atoms in total. The number of alkyl halides is 2. The average Bonchev–Trinajstić information content (AvgIpc) is 1.65. The van der Waals surface area contributed by atoms with E-state index in [2.05, 4.69) is 0 Å². The molecule has 0 atom stereocenters. The lowest BCUT2D eigenvalue weighted by Crippen LogP contribution is -2.13. The number of hydrogen-bond donors (Lipinski definition) is 0. The van der Waals surface area contributed by atoms with Crippen LogP contribution >= 0.6 is 0 Å². The van der Waals surface area contributed by atoms with Crippen molar-refractivity contribution < 1.29 is 8.78 Å². The molecule has 0 aromatic heterocycles. The van der Waals surface area contributed by atoms with Gasteiger partial charge in [-0.15, -0.1) is 0 Å². The van der Waals surface area contributed by atoms with E-state index in [0.29, 0.717) is 6.42 Å². The maximum absolute atomic E-state index is 12.1. The molecule has 1 aliphatic rings. The average molecular weight is 118 g/mol. The molecule has 0 amide bonds. The second-order valence-electron chi connectivity index (χ2n) is 2.06. The molecule has 1 aliphatic carbocycles. The predicted octanol–water partition coefficient (Wildman–Crippen LogP) is 2.36. The lowest BCUT2D eigenvalue weighted by Gasteiger charge is -2.13. The molecule has 0 saturated heterocycles. The lowest BCUT2D eigenvalue weighted by molar-refractivity contribution is 0.0390. The normalized spacial score (nSPS) is 25.8. The SMILES string of the molecule is FC1(F)C=CCCC1. The molecule has 0 aromatic carbocycles. The first-order valence-corrected chi connectivity index (χ1v) is 2.76. The third kappa shape index (κ3) is 1.29. The highest BCUT2D eigenvalue weighted by atomic mass is 19.3. The molecule has 2 heteroatoms. The fraction of sp³-hybridized carbons (Fsp3) is 0.667. The highest BCUT2D eigenvalue weighted by Gasteiger charge is 2.25. The van der Waals surface area contributed by atoms with Crippen LogP contribution in [0.25, 0.3) is 0 Å². The molecule has 0 fully saturated rings. The van der Waals surface area contributed by atoms with Gasteiger partial charge >= 0.3 is 0 Å². The quantitative estimate of drug-likeness (QED) is 0.428. The number of allylic oxidation sites excluding steroid dienone is 2. The Morgan fingerprint density at radius 3 is 2.38 bits per heavy atom. The largest absolute Gasteiger partial charge is 0.266 e. The van der Waals surface area contributed by atoms with E-state index in [1.54, 1.807) is 6.08 Å². The zero-order chi connectivity index (χ0) is 6.04. The Kier molecular flexibility index (Phi) is 1.32. The summed E-state index contributed by atoms with van der Waals surface area (Å²) in [6.07, 6.45) is 4.02. The van der Waals surface area contributed by atoms with E-state index in [9.17, 15) is 8.78 Å². The van der Waals surface area contributed by atoms with Crippen molar-refractivity contribution >= 4 is 0 Å². The Bertz CT molecular complexity index is 105. The maximum Gasteiger partial charge on any atom is 0.266 e. The highest BCUT2D eigenvalue weighted by Crippen LogP contribution is 2.26. The Hall–Kier alpha value is -0.400. The summed E-state index contributed by atoms with van der Waals surface area (Å²) in [5.41, 5.74) is 0. The molecular formula is C6H8F2. The second-order valence-corrected chi connectivity index (χ2v) is 2.06. The third-order valence-corrected chi connectivity index (χ3v) is 1.24. The van der Waals surface area contributed by atoms with Gasteiger partial charge in [0.15, 0.2) is 0 Å². The minimum atomic E-state index is -2.50. The summed E-state index contributed by atoms with van der Waals surface area (Å²) in [7, 11) is 0. The van der Waals surface area contributed by atoms with E-state index in [1.165, 1.54) is 0 Å². The van der Waals surface area contributed by atoms with Gasteiger partial charge in [-0.3, -0.25) is 0 Å². The molecular weight excluding hydrogens is 110 g/mol. The summed E-state index contributed by atoms with van der Waals surface area (Å²) in [4.78, 5) is 0. The van der Waals surface area contributed by atoms with Crippen LogP contribution in [0.3, 0.4) is 0 Å². The van der Waals surface area contributed by atoms with E-state index in [0.717, 1.165) is 12.5 Å². The molecule has 1 rings (SSSR count). The van der Waals surface area contributed by atoms with Crippen LogP contribution in [0.15, 0.2) is 12.2 Å². The van der Waals surface area contributed by atoms with Crippen LogP contribution in [0, 0.1) is 0 Å². The van der Waals surface area contributed by atoms with Gasteiger partial charge < -0.3 is 0 Å². The summed E-state index contributed by atoms with van der Waals surface area (Å²) >= 11 is 0. The first-order valence-electron chi connectivity index (χ1n) is 2.76. The third-order valence-electron chi connectivity index (χ3n) is 1.24. The second kappa shape index (κ2) is 1.84. The summed E-state index contributed by atoms with van der Waals surface area (Å²) in [5, 5.41) is 0. The van der Waals surface area contributed by atoms with Gasteiger partial charge in [0, 0.05) is 6.42 Å². The Morgan fingerprint density at radius 2 is 2.12 bits per heavy atom. The van der Waals surface area contributed by atoms with Crippen molar-refractivity contribution in [3.05, 3.63) is 12.2 Å². The topological polar surface area (TPSA) is 0 Å². The van der Waals surface area contributed by atoms with Crippen LogP contribution in [0.2, 0.25) is 0 Å². The Labute approximate surface area is 47.2 Å². The van der Waals surface area contributed by atoms with Gasteiger partial charge in [-0.25, -0.2) is 8.78 Å². The molecule has 0 N–H and O–H groups in total. The van der Waals surface area contributed by atoms with Gasteiger partial charge in [0.25, 0.3) is 5.92 Å². The summed E-state index contributed by atoms with van der Waals surface area (Å²) in [6.45, 7) is 0. The minimum absolute atomic E-state index is 0.0312. The van der Waals surface area contributed by atoms with Crippen molar-refractivity contribution in [1.29, 1.82) is 0 Å². The van der Waals surface area contributed by atoms with Crippen LogP contribution in [0.4, 0.5) is 8.78 Å². The van der Waals surface area contributed by atoms with Crippen molar-refractivity contribution in [2.24, 2.45) is 0 Å². The molecule has 0 bridgehead atoms. The van der Waals surface area contributed by atoms with Crippen molar-refractivity contribution in [2.45, 2.75) is 25.2 Å². The van der Waals surface area contributed by atoms with Crippen LogP contribution in [-0.4, -0.2) is 5.92 Å². The maximum atomic E-state index is 12.1. The number of hydrogen-bond acceptors (Lipinski definition) is 0. The molecule has 0 radical (unpaired) electrons. The van der Waals surface area contributed by atoms with Crippen molar-refractivity contribution in [1.82, 2.24) is 0 Å². The van der Waals surface area contributed by atoms with Gasteiger partial charge in [0.2, 0.25) is 0 Å². The zero-order valence-corrected chi connectivity index (χ0v) is 4.53. The predicted molar refractivity (Wildman–Crippen MR) is 27.9 cm³/mol. The Balaban J connectivity index is 2.56. The standard InChI is InChI=1S/C6H8F2/c7-6(8)4-2-1-3-5-6/h2,4H,1,3,5H2. The molecule has 0 aromatic rings. The summed E-state index contributed by atoms with van der Waals surface area (Å²) in [6, 6.07) is 0. The van der Waals surface area contributed by atoms with Gasteiger partial charge in [0.1, 0.15) is 0 Å². The van der Waals surface area contributed by atoms with Crippen LogP contribution < -0.4 is 0 Å². The smallest absolute Gasteiger partial charge is 0.202 e. The molecule has 0 aliphatic heterocycles. The van der Waals surface area contributed by atoms with Crippen molar-refractivity contribution in [3.63, 3.8) is 0 Å². The highest BCUT2D eigenvalue weighted by molar-refractivity contribution is 4.98. The van der Waals surface area contributed by atoms with Crippen molar-refractivity contribution in [2.75, 3.05) is 0 Å². The van der Waals surface area contributed by atoms with Gasteiger partial charge in [-0.1, -0.05) is 6.08 Å².